The molecule has 1 atom stereocenters. The summed E-state index contributed by atoms with van der Waals surface area (Å²) >= 11 is 0. The Labute approximate surface area is 113 Å². The Hall–Kier alpha value is -1.76. The second kappa shape index (κ2) is 6.42. The second-order valence-corrected chi connectivity index (χ2v) is 5.10. The number of hydrogen-bond acceptors (Lipinski definition) is 3. The normalized spacial score (nSPS) is 17.7. The molecule has 1 N–H and O–H groups in total. The highest BCUT2D eigenvalue weighted by Crippen LogP contribution is 2.26. The molecule has 4 heteroatoms. The van der Waals surface area contributed by atoms with E-state index >= 15 is 0 Å². The Bertz CT molecular complexity index is 467. The van der Waals surface area contributed by atoms with Crippen LogP contribution in [0, 0.1) is 17.2 Å². The lowest BCUT2D eigenvalue weighted by molar-refractivity contribution is 0.0899. The van der Waals surface area contributed by atoms with Gasteiger partial charge in [-0.2, -0.15) is 5.26 Å². The minimum absolute atomic E-state index is 0.281. The molecule has 0 spiro atoms. The maximum absolute atomic E-state index is 12.0. The summed E-state index contributed by atoms with van der Waals surface area (Å²) in [5.41, 5.74) is 0. The first-order valence-electron chi connectivity index (χ1n) is 7.03. The van der Waals surface area contributed by atoms with Gasteiger partial charge in [0.2, 0.25) is 0 Å². The van der Waals surface area contributed by atoms with Crippen LogP contribution in [0.15, 0.2) is 16.5 Å². The average Bonchev–Trinajstić information content (AvgIpc) is 2.94. The van der Waals surface area contributed by atoms with Crippen LogP contribution < -0.4 is 5.32 Å². The monoisotopic (exact) mass is 260 g/mol. The van der Waals surface area contributed by atoms with Crippen molar-refractivity contribution in [3.63, 3.8) is 0 Å². The molecule has 1 aromatic rings. The van der Waals surface area contributed by atoms with Crippen molar-refractivity contribution in [3.05, 3.63) is 23.7 Å². The summed E-state index contributed by atoms with van der Waals surface area (Å²) in [7, 11) is 0. The minimum Gasteiger partial charge on any atom is -0.456 e. The van der Waals surface area contributed by atoms with Crippen molar-refractivity contribution in [1.82, 2.24) is 5.32 Å². The van der Waals surface area contributed by atoms with Crippen molar-refractivity contribution in [1.29, 1.82) is 5.26 Å². The van der Waals surface area contributed by atoms with Crippen molar-refractivity contribution in [2.75, 3.05) is 0 Å². The molecule has 0 bridgehead atoms. The standard InChI is InChI=1S/C15H20N2O2/c1-2-12-8-9-14(19-12)15(18)17-13(10-16)11-6-4-3-5-7-11/h8-9,11,13H,2-7H2,1H3,(H,17,18). The fourth-order valence-electron chi connectivity index (χ4n) is 2.63. The molecule has 0 aromatic carbocycles. The van der Waals surface area contributed by atoms with E-state index in [1.54, 1.807) is 12.1 Å². The number of nitrogens with one attached hydrogen (secondary N) is 1. The summed E-state index contributed by atoms with van der Waals surface area (Å²) < 4.78 is 5.41. The molecule has 1 aliphatic carbocycles. The first kappa shape index (κ1) is 13.7. The van der Waals surface area contributed by atoms with Crippen molar-refractivity contribution in [2.24, 2.45) is 5.92 Å². The van der Waals surface area contributed by atoms with Gasteiger partial charge in [0, 0.05) is 6.42 Å². The van der Waals surface area contributed by atoms with Crippen molar-refractivity contribution < 1.29 is 9.21 Å². The third-order valence-electron chi connectivity index (χ3n) is 3.78. The lowest BCUT2D eigenvalue weighted by atomic mass is 9.84. The summed E-state index contributed by atoms with van der Waals surface area (Å²) in [5.74, 6) is 1.09. The first-order valence-corrected chi connectivity index (χ1v) is 7.03. The van der Waals surface area contributed by atoms with E-state index in [9.17, 15) is 10.1 Å². The van der Waals surface area contributed by atoms with Gasteiger partial charge in [-0.3, -0.25) is 4.79 Å². The van der Waals surface area contributed by atoms with Gasteiger partial charge < -0.3 is 9.73 Å². The van der Waals surface area contributed by atoms with Gasteiger partial charge in [0.1, 0.15) is 11.8 Å². The molecule has 1 fully saturated rings. The third kappa shape index (κ3) is 3.37. The predicted octanol–water partition coefficient (Wildman–Crippen LogP) is 3.04. The van der Waals surface area contributed by atoms with Gasteiger partial charge in [-0.1, -0.05) is 26.2 Å². The van der Waals surface area contributed by atoms with Crippen LogP contribution in [0.4, 0.5) is 0 Å². The van der Waals surface area contributed by atoms with E-state index in [0.717, 1.165) is 37.9 Å². The number of carbonyl (C=O) groups excluding carboxylic acids is 1. The smallest absolute Gasteiger partial charge is 0.288 e. The lowest BCUT2D eigenvalue weighted by Gasteiger charge is -2.25. The number of hydrogen-bond donors (Lipinski definition) is 1. The zero-order valence-electron chi connectivity index (χ0n) is 11.3. The van der Waals surface area contributed by atoms with E-state index in [1.807, 2.05) is 6.92 Å². The van der Waals surface area contributed by atoms with E-state index in [-0.39, 0.29) is 11.8 Å². The van der Waals surface area contributed by atoms with Crippen LogP contribution in [-0.4, -0.2) is 11.9 Å². The Morgan fingerprint density at radius 3 is 2.79 bits per heavy atom. The van der Waals surface area contributed by atoms with Gasteiger partial charge in [0.15, 0.2) is 5.76 Å². The van der Waals surface area contributed by atoms with E-state index in [2.05, 4.69) is 11.4 Å². The molecule has 2 rings (SSSR count). The first-order chi connectivity index (χ1) is 9.24. The summed E-state index contributed by atoms with van der Waals surface area (Å²) in [6.45, 7) is 1.97. The van der Waals surface area contributed by atoms with Crippen molar-refractivity contribution >= 4 is 5.91 Å². The Balaban J connectivity index is 1.97. The highest BCUT2D eigenvalue weighted by Gasteiger charge is 2.26. The summed E-state index contributed by atoms with van der Waals surface area (Å²) in [6, 6.07) is 5.29. The molecule has 102 valence electrons. The Morgan fingerprint density at radius 2 is 2.21 bits per heavy atom. The van der Waals surface area contributed by atoms with Gasteiger partial charge in [0.05, 0.1) is 6.07 Å². The SMILES string of the molecule is CCc1ccc(C(=O)NC(C#N)C2CCCCC2)o1. The van der Waals surface area contributed by atoms with Crippen LogP contribution in [-0.2, 0) is 6.42 Å². The van der Waals surface area contributed by atoms with E-state index < -0.39 is 6.04 Å². The van der Waals surface area contributed by atoms with Crippen molar-refractivity contribution in [3.8, 4) is 6.07 Å². The van der Waals surface area contributed by atoms with Crippen LogP contribution in [0.5, 0.6) is 0 Å². The van der Waals surface area contributed by atoms with Gasteiger partial charge in [-0.15, -0.1) is 0 Å². The molecule has 1 saturated carbocycles. The highest BCUT2D eigenvalue weighted by atomic mass is 16.3. The molecule has 1 heterocycles. The minimum atomic E-state index is -0.400. The topological polar surface area (TPSA) is 66.0 Å². The largest absolute Gasteiger partial charge is 0.456 e. The highest BCUT2D eigenvalue weighted by molar-refractivity contribution is 5.91. The number of carbonyl (C=O) groups is 1. The van der Waals surface area contributed by atoms with Crippen LogP contribution in [0.3, 0.4) is 0 Å². The van der Waals surface area contributed by atoms with Gasteiger partial charge >= 0.3 is 0 Å². The van der Waals surface area contributed by atoms with Crippen molar-refractivity contribution in [2.45, 2.75) is 51.5 Å². The molecule has 1 amide bonds. The maximum atomic E-state index is 12.0. The Kier molecular flexibility index (Phi) is 4.62. The Morgan fingerprint density at radius 1 is 1.47 bits per heavy atom. The lowest BCUT2D eigenvalue weighted by Crippen LogP contribution is -2.39. The predicted molar refractivity (Wildman–Crippen MR) is 71.5 cm³/mol. The van der Waals surface area contributed by atoms with E-state index in [0.29, 0.717) is 5.76 Å². The number of nitrogens with zero attached hydrogens (tertiary/aromatic N) is 1. The quantitative estimate of drug-likeness (QED) is 0.904. The van der Waals surface area contributed by atoms with Crippen LogP contribution in [0.1, 0.15) is 55.3 Å². The molecule has 0 aliphatic heterocycles. The number of furan rings is 1. The number of nitriles is 1. The molecular formula is C15H20N2O2. The third-order valence-corrected chi connectivity index (χ3v) is 3.78. The molecule has 19 heavy (non-hydrogen) atoms. The summed E-state index contributed by atoms with van der Waals surface area (Å²) in [6.07, 6.45) is 6.35. The molecule has 1 aliphatic rings. The van der Waals surface area contributed by atoms with E-state index in [1.165, 1.54) is 6.42 Å². The summed E-state index contributed by atoms with van der Waals surface area (Å²) in [4.78, 5) is 12.0. The molecule has 0 saturated heterocycles. The van der Waals surface area contributed by atoms with Gasteiger partial charge in [-0.05, 0) is 30.9 Å². The zero-order valence-corrected chi connectivity index (χ0v) is 11.3. The number of amides is 1. The average molecular weight is 260 g/mol. The number of aryl methyl sites for hydroxylation is 1. The van der Waals surface area contributed by atoms with Crippen LogP contribution in [0.25, 0.3) is 0 Å². The molecule has 4 nitrogen and oxygen atoms in total. The zero-order chi connectivity index (χ0) is 13.7. The van der Waals surface area contributed by atoms with E-state index in [4.69, 9.17) is 4.42 Å². The molecule has 1 unspecified atom stereocenters. The molecule has 1 aromatic heterocycles. The van der Waals surface area contributed by atoms with Crippen LogP contribution in [0.2, 0.25) is 0 Å². The number of rotatable bonds is 4. The fraction of sp³-hybridized carbons (Fsp3) is 0.600. The second-order valence-electron chi connectivity index (χ2n) is 5.10. The summed E-state index contributed by atoms with van der Waals surface area (Å²) in [5, 5.41) is 12.0. The van der Waals surface area contributed by atoms with Gasteiger partial charge in [-0.25, -0.2) is 0 Å². The van der Waals surface area contributed by atoms with Gasteiger partial charge in [0.25, 0.3) is 5.91 Å². The molecular weight excluding hydrogens is 240 g/mol. The molecule has 0 radical (unpaired) electrons. The van der Waals surface area contributed by atoms with Crippen LogP contribution >= 0.6 is 0 Å². The fourth-order valence-corrected chi connectivity index (χ4v) is 2.63. The maximum Gasteiger partial charge on any atom is 0.288 e.